The molecule has 2 heterocycles. The molecule has 2 aromatic heterocycles. The Kier molecular flexibility index (Phi) is 7.15. The zero-order valence-corrected chi connectivity index (χ0v) is 19.9. The zero-order valence-electron chi connectivity index (χ0n) is 19.9. The standard InChI is InChI=1S/C26H19F4N3O5/c1-37-17-9-6-15(7-10-17)33-20(14-21(31-33)26(28,29)30)24(35)23(25(36)38-2)18-11-8-16(13-19(18)27)32-12-4-3-5-22(32)34/h3-14,23H,1-2H3. The maximum atomic E-state index is 15.3. The van der Waals surface area contributed by atoms with Gasteiger partial charge in [-0.15, -0.1) is 0 Å². The number of alkyl halides is 3. The average Bonchev–Trinajstić information content (AvgIpc) is 3.36. The van der Waals surface area contributed by atoms with Crippen LogP contribution in [0, 0.1) is 5.82 Å². The molecule has 0 fully saturated rings. The van der Waals surface area contributed by atoms with Crippen molar-refractivity contribution in [2.24, 2.45) is 0 Å². The van der Waals surface area contributed by atoms with E-state index >= 15 is 4.39 Å². The van der Waals surface area contributed by atoms with Gasteiger partial charge in [0.15, 0.2) is 11.5 Å². The second-order valence-electron chi connectivity index (χ2n) is 7.96. The van der Waals surface area contributed by atoms with E-state index in [0.29, 0.717) is 11.8 Å². The van der Waals surface area contributed by atoms with Gasteiger partial charge in [-0.1, -0.05) is 12.1 Å². The quantitative estimate of drug-likeness (QED) is 0.153. The van der Waals surface area contributed by atoms with Crippen LogP contribution < -0.4 is 10.3 Å². The van der Waals surface area contributed by atoms with Gasteiger partial charge in [0.2, 0.25) is 0 Å². The van der Waals surface area contributed by atoms with Crippen LogP contribution in [-0.4, -0.2) is 40.3 Å². The number of carbonyl (C=O) groups excluding carboxylic acids is 2. The van der Waals surface area contributed by atoms with Crippen LogP contribution in [0.3, 0.4) is 0 Å². The molecule has 0 N–H and O–H groups in total. The minimum Gasteiger partial charge on any atom is -0.497 e. The molecule has 0 radical (unpaired) electrons. The van der Waals surface area contributed by atoms with Gasteiger partial charge in [-0.05, 0) is 42.5 Å². The van der Waals surface area contributed by atoms with Crippen molar-refractivity contribution in [1.29, 1.82) is 0 Å². The summed E-state index contributed by atoms with van der Waals surface area (Å²) in [5, 5.41) is 3.52. The van der Waals surface area contributed by atoms with Crippen LogP contribution in [0.15, 0.2) is 77.7 Å². The van der Waals surface area contributed by atoms with Gasteiger partial charge >= 0.3 is 12.1 Å². The van der Waals surface area contributed by atoms with Gasteiger partial charge in [0.1, 0.15) is 23.2 Å². The molecule has 0 aliphatic carbocycles. The van der Waals surface area contributed by atoms with E-state index in [9.17, 15) is 27.6 Å². The fraction of sp³-hybridized carbons (Fsp3) is 0.154. The summed E-state index contributed by atoms with van der Waals surface area (Å²) in [5.41, 5.74) is -2.75. The number of carbonyl (C=O) groups is 2. The third-order valence-electron chi connectivity index (χ3n) is 5.66. The molecule has 0 spiro atoms. The lowest BCUT2D eigenvalue weighted by Gasteiger charge is -2.17. The molecule has 8 nitrogen and oxygen atoms in total. The average molecular weight is 529 g/mol. The van der Waals surface area contributed by atoms with Crippen LogP contribution in [0.5, 0.6) is 5.75 Å². The SMILES string of the molecule is COC(=O)C(C(=O)c1cc(C(F)(F)F)nn1-c1ccc(OC)cc1)c1ccc(-n2ccccc2=O)cc1F. The Labute approximate surface area is 212 Å². The van der Waals surface area contributed by atoms with Crippen molar-refractivity contribution >= 4 is 11.8 Å². The van der Waals surface area contributed by atoms with Crippen molar-refractivity contribution in [3.8, 4) is 17.1 Å². The van der Waals surface area contributed by atoms with Crippen LogP contribution in [-0.2, 0) is 15.7 Å². The number of benzene rings is 2. The predicted octanol–water partition coefficient (Wildman–Crippen LogP) is 4.33. The number of ketones is 1. The smallest absolute Gasteiger partial charge is 0.435 e. The Balaban J connectivity index is 1.84. The fourth-order valence-corrected chi connectivity index (χ4v) is 3.80. The van der Waals surface area contributed by atoms with Crippen molar-refractivity contribution in [2.45, 2.75) is 12.1 Å². The van der Waals surface area contributed by atoms with E-state index in [4.69, 9.17) is 9.47 Å². The number of Topliss-reactive ketones (excluding diaryl/α,β-unsaturated/α-hetero) is 1. The summed E-state index contributed by atoms with van der Waals surface area (Å²) in [6.07, 6.45) is -3.52. The molecule has 4 rings (SSSR count). The molecule has 1 atom stereocenters. The zero-order chi connectivity index (χ0) is 27.6. The number of aromatic nitrogens is 3. The molecule has 2 aromatic carbocycles. The second-order valence-corrected chi connectivity index (χ2v) is 7.96. The first-order chi connectivity index (χ1) is 18.0. The molecule has 0 saturated carbocycles. The first kappa shape index (κ1) is 26.3. The number of rotatable bonds is 7. The second kappa shape index (κ2) is 10.3. The van der Waals surface area contributed by atoms with Crippen LogP contribution >= 0.6 is 0 Å². The molecular formula is C26H19F4N3O5. The van der Waals surface area contributed by atoms with Gasteiger partial charge < -0.3 is 9.47 Å². The molecule has 0 saturated heterocycles. The lowest BCUT2D eigenvalue weighted by Crippen LogP contribution is -2.26. The minimum absolute atomic E-state index is 0.0625. The number of nitrogens with zero attached hydrogens (tertiary/aromatic N) is 3. The van der Waals surface area contributed by atoms with Gasteiger partial charge in [-0.25, -0.2) is 9.07 Å². The highest BCUT2D eigenvalue weighted by molar-refractivity contribution is 6.12. The molecule has 4 aromatic rings. The number of hydrogen-bond donors (Lipinski definition) is 0. The van der Waals surface area contributed by atoms with Gasteiger partial charge in [-0.2, -0.15) is 18.3 Å². The summed E-state index contributed by atoms with van der Waals surface area (Å²) in [5.74, 6) is -4.99. The molecule has 12 heteroatoms. The molecular weight excluding hydrogens is 510 g/mol. The normalized spacial score (nSPS) is 12.2. The molecule has 0 bridgehead atoms. The third kappa shape index (κ3) is 5.05. The van der Waals surface area contributed by atoms with Crippen molar-refractivity contribution in [3.63, 3.8) is 0 Å². The molecule has 196 valence electrons. The minimum atomic E-state index is -4.91. The van der Waals surface area contributed by atoms with Crippen molar-refractivity contribution in [1.82, 2.24) is 14.3 Å². The highest BCUT2D eigenvalue weighted by Gasteiger charge is 2.40. The number of hydrogen-bond acceptors (Lipinski definition) is 6. The monoisotopic (exact) mass is 529 g/mol. The number of pyridine rings is 1. The van der Waals surface area contributed by atoms with Crippen LogP contribution in [0.4, 0.5) is 17.6 Å². The van der Waals surface area contributed by atoms with Crippen molar-refractivity contribution in [2.75, 3.05) is 14.2 Å². The first-order valence-corrected chi connectivity index (χ1v) is 11.0. The summed E-state index contributed by atoms with van der Waals surface area (Å²) < 4.78 is 67.5. The van der Waals surface area contributed by atoms with E-state index in [1.54, 1.807) is 6.07 Å². The molecule has 0 aliphatic heterocycles. The Morgan fingerprint density at radius 1 is 0.947 bits per heavy atom. The lowest BCUT2D eigenvalue weighted by molar-refractivity contribution is -0.142. The van der Waals surface area contributed by atoms with Crippen molar-refractivity contribution in [3.05, 3.63) is 106 Å². The number of halogens is 4. The van der Waals surface area contributed by atoms with Crippen LogP contribution in [0.2, 0.25) is 0 Å². The largest absolute Gasteiger partial charge is 0.497 e. The fourth-order valence-electron chi connectivity index (χ4n) is 3.80. The van der Waals surface area contributed by atoms with E-state index in [-0.39, 0.29) is 11.4 Å². The lowest BCUT2D eigenvalue weighted by atomic mass is 9.92. The maximum Gasteiger partial charge on any atom is 0.435 e. The topological polar surface area (TPSA) is 92.4 Å². The number of ether oxygens (including phenoxy) is 2. The highest BCUT2D eigenvalue weighted by atomic mass is 19.4. The Morgan fingerprint density at radius 2 is 1.63 bits per heavy atom. The van der Waals surface area contributed by atoms with E-state index in [2.05, 4.69) is 5.10 Å². The van der Waals surface area contributed by atoms with Crippen LogP contribution in [0.1, 0.15) is 27.7 Å². The molecule has 1 unspecified atom stereocenters. The number of esters is 1. The number of methoxy groups -OCH3 is 2. The molecule has 0 aliphatic rings. The third-order valence-corrected chi connectivity index (χ3v) is 5.66. The van der Waals surface area contributed by atoms with Crippen LogP contribution in [0.25, 0.3) is 11.4 Å². The summed E-state index contributed by atoms with van der Waals surface area (Å²) in [4.78, 5) is 38.4. The van der Waals surface area contributed by atoms with E-state index in [1.807, 2.05) is 0 Å². The predicted molar refractivity (Wildman–Crippen MR) is 126 cm³/mol. The van der Waals surface area contributed by atoms with Gasteiger partial charge in [0.25, 0.3) is 5.56 Å². The van der Waals surface area contributed by atoms with Gasteiger partial charge in [-0.3, -0.25) is 19.0 Å². The molecule has 0 amide bonds. The van der Waals surface area contributed by atoms with Gasteiger partial charge in [0.05, 0.1) is 25.6 Å². The Hall–Kier alpha value is -4.74. The van der Waals surface area contributed by atoms with E-state index in [0.717, 1.165) is 28.5 Å². The summed E-state index contributed by atoms with van der Waals surface area (Å²) >= 11 is 0. The van der Waals surface area contributed by atoms with Crippen molar-refractivity contribution < 1.29 is 36.6 Å². The Bertz CT molecular complexity index is 1560. The summed E-state index contributed by atoms with van der Waals surface area (Å²) in [6, 6.07) is 13.7. The summed E-state index contributed by atoms with van der Waals surface area (Å²) in [6.45, 7) is 0. The van der Waals surface area contributed by atoms with Gasteiger partial charge in [0, 0.05) is 23.9 Å². The summed E-state index contributed by atoms with van der Waals surface area (Å²) in [7, 11) is 2.36. The van der Waals surface area contributed by atoms with E-state index < -0.39 is 52.2 Å². The maximum absolute atomic E-state index is 15.3. The molecule has 38 heavy (non-hydrogen) atoms. The first-order valence-electron chi connectivity index (χ1n) is 11.0. The van der Waals surface area contributed by atoms with E-state index in [1.165, 1.54) is 55.8 Å². The Morgan fingerprint density at radius 3 is 2.21 bits per heavy atom. The highest BCUT2D eigenvalue weighted by Crippen LogP contribution is 2.33.